The van der Waals surface area contributed by atoms with Crippen molar-refractivity contribution < 1.29 is 0 Å². The first-order valence-corrected chi connectivity index (χ1v) is 5.81. The van der Waals surface area contributed by atoms with Crippen LogP contribution in [0.15, 0.2) is 0 Å². The lowest BCUT2D eigenvalue weighted by Gasteiger charge is -2.25. The second kappa shape index (κ2) is 3.59. The van der Waals surface area contributed by atoms with Crippen LogP contribution in [0.3, 0.4) is 0 Å². The van der Waals surface area contributed by atoms with E-state index in [0.29, 0.717) is 5.54 Å². The average molecular weight is 191 g/mol. The summed E-state index contributed by atoms with van der Waals surface area (Å²) in [5.41, 5.74) is 0.319. The molecular weight excluding hydrogens is 170 g/mol. The summed E-state index contributed by atoms with van der Waals surface area (Å²) in [6.45, 7) is 4.67. The molecule has 1 N–H and O–H groups in total. The molecule has 1 saturated carbocycles. The molecule has 0 aliphatic heterocycles. The Morgan fingerprint density at radius 1 is 1.07 bits per heavy atom. The van der Waals surface area contributed by atoms with E-state index in [2.05, 4.69) is 38.1 Å². The van der Waals surface area contributed by atoms with Gasteiger partial charge in [-0.2, -0.15) is 0 Å². The number of rotatable bonds is 2. The summed E-state index contributed by atoms with van der Waals surface area (Å²) in [5.74, 6) is 9.31. The lowest BCUT2D eigenvalue weighted by molar-refractivity contribution is 0.336. The molecule has 2 unspecified atom stereocenters. The van der Waals surface area contributed by atoms with Gasteiger partial charge in [-0.05, 0) is 51.5 Å². The zero-order valence-corrected chi connectivity index (χ0v) is 9.56. The van der Waals surface area contributed by atoms with E-state index in [1.165, 1.54) is 12.8 Å². The van der Waals surface area contributed by atoms with E-state index in [4.69, 9.17) is 0 Å². The summed E-state index contributed by atoms with van der Waals surface area (Å²) < 4.78 is 0. The molecule has 0 radical (unpaired) electrons. The maximum Gasteiger partial charge on any atom is 0.0155 e. The highest BCUT2D eigenvalue weighted by Crippen LogP contribution is 2.57. The Morgan fingerprint density at radius 2 is 1.57 bits per heavy atom. The molecule has 0 aromatic heterocycles. The number of hydrogen-bond acceptors (Lipinski definition) is 1. The minimum absolute atomic E-state index is 0.319. The van der Waals surface area contributed by atoms with Gasteiger partial charge in [0.25, 0.3) is 0 Å². The summed E-state index contributed by atoms with van der Waals surface area (Å²) in [6, 6.07) is 0. The van der Waals surface area contributed by atoms with Gasteiger partial charge in [-0.25, -0.2) is 0 Å². The molecule has 0 aromatic carbocycles. The number of fused-ring (bicyclic) bond motifs is 1. The second-order valence-corrected chi connectivity index (χ2v) is 5.26. The van der Waals surface area contributed by atoms with Crippen molar-refractivity contribution in [2.75, 3.05) is 7.05 Å². The van der Waals surface area contributed by atoms with Gasteiger partial charge < -0.3 is 5.32 Å². The largest absolute Gasteiger partial charge is 0.315 e. The zero-order chi connectivity index (χ0) is 10.2. The Hall–Kier alpha value is -0.480. The highest BCUT2D eigenvalue weighted by Gasteiger charge is 2.55. The Bertz CT molecular complexity index is 251. The molecule has 2 aliphatic carbocycles. The SMILES string of the molecule is CNC(C)(C)C1C2CCC#CCCC21. The third-order valence-electron chi connectivity index (χ3n) is 4.14. The van der Waals surface area contributed by atoms with E-state index < -0.39 is 0 Å². The van der Waals surface area contributed by atoms with Crippen molar-refractivity contribution in [3.8, 4) is 11.8 Å². The van der Waals surface area contributed by atoms with Crippen LogP contribution in [0.1, 0.15) is 39.5 Å². The maximum absolute atomic E-state index is 3.46. The van der Waals surface area contributed by atoms with Crippen LogP contribution < -0.4 is 5.32 Å². The van der Waals surface area contributed by atoms with Gasteiger partial charge in [0.1, 0.15) is 0 Å². The van der Waals surface area contributed by atoms with Gasteiger partial charge >= 0.3 is 0 Å². The van der Waals surface area contributed by atoms with Crippen molar-refractivity contribution in [1.82, 2.24) is 5.32 Å². The Morgan fingerprint density at radius 3 is 2.00 bits per heavy atom. The molecule has 2 atom stereocenters. The summed E-state index contributed by atoms with van der Waals surface area (Å²) in [6.07, 6.45) is 4.90. The number of nitrogens with one attached hydrogen (secondary N) is 1. The Kier molecular flexibility index (Phi) is 2.58. The van der Waals surface area contributed by atoms with Crippen molar-refractivity contribution in [3.63, 3.8) is 0 Å². The molecule has 0 amide bonds. The minimum atomic E-state index is 0.319. The first-order valence-electron chi connectivity index (χ1n) is 5.81. The van der Waals surface area contributed by atoms with E-state index >= 15 is 0 Å². The highest BCUT2D eigenvalue weighted by molar-refractivity contribution is 5.12. The fourth-order valence-corrected chi connectivity index (χ4v) is 3.12. The highest BCUT2D eigenvalue weighted by atomic mass is 15.0. The Labute approximate surface area is 87.7 Å². The molecule has 2 aliphatic rings. The predicted molar refractivity (Wildman–Crippen MR) is 59.9 cm³/mol. The lowest BCUT2D eigenvalue weighted by Crippen LogP contribution is -2.39. The van der Waals surface area contributed by atoms with Gasteiger partial charge in [0.2, 0.25) is 0 Å². The minimum Gasteiger partial charge on any atom is -0.315 e. The normalized spacial score (nSPS) is 36.1. The third kappa shape index (κ3) is 1.68. The van der Waals surface area contributed by atoms with Crippen LogP contribution in [0.2, 0.25) is 0 Å². The molecule has 14 heavy (non-hydrogen) atoms. The molecule has 0 saturated heterocycles. The van der Waals surface area contributed by atoms with E-state index in [1.807, 2.05) is 0 Å². The van der Waals surface area contributed by atoms with Crippen molar-refractivity contribution in [1.29, 1.82) is 0 Å². The van der Waals surface area contributed by atoms with Crippen molar-refractivity contribution in [3.05, 3.63) is 0 Å². The predicted octanol–water partition coefficient (Wildman–Crippen LogP) is 2.42. The fraction of sp³-hybridized carbons (Fsp3) is 0.846. The average Bonchev–Trinajstić information content (AvgIpc) is 2.78. The Balaban J connectivity index is 2.00. The summed E-state index contributed by atoms with van der Waals surface area (Å²) >= 11 is 0. The molecule has 1 nitrogen and oxygen atoms in total. The second-order valence-electron chi connectivity index (χ2n) is 5.26. The van der Waals surface area contributed by atoms with Crippen LogP contribution in [-0.2, 0) is 0 Å². The van der Waals surface area contributed by atoms with Crippen LogP contribution in [0.5, 0.6) is 0 Å². The van der Waals surface area contributed by atoms with Crippen LogP contribution in [0.4, 0.5) is 0 Å². The van der Waals surface area contributed by atoms with E-state index in [1.54, 1.807) is 0 Å². The van der Waals surface area contributed by atoms with Crippen molar-refractivity contribution in [2.24, 2.45) is 17.8 Å². The van der Waals surface area contributed by atoms with Crippen LogP contribution >= 0.6 is 0 Å². The maximum atomic E-state index is 3.46. The smallest absolute Gasteiger partial charge is 0.0155 e. The lowest BCUT2D eigenvalue weighted by atomic mass is 9.95. The van der Waals surface area contributed by atoms with E-state index in [0.717, 1.165) is 30.6 Å². The van der Waals surface area contributed by atoms with Gasteiger partial charge in [0.15, 0.2) is 0 Å². The van der Waals surface area contributed by atoms with Crippen LogP contribution in [-0.4, -0.2) is 12.6 Å². The molecule has 0 heterocycles. The zero-order valence-electron chi connectivity index (χ0n) is 9.56. The summed E-state index contributed by atoms with van der Waals surface area (Å²) in [7, 11) is 2.09. The first kappa shape index (κ1) is 10.1. The molecule has 78 valence electrons. The van der Waals surface area contributed by atoms with E-state index in [-0.39, 0.29) is 0 Å². The standard InChI is InChI=1S/C13H21N/c1-13(2,14-3)12-10-8-6-4-5-7-9-11(10)12/h10-12,14H,6-9H2,1-3H3. The van der Waals surface area contributed by atoms with Gasteiger partial charge in [0, 0.05) is 18.4 Å². The van der Waals surface area contributed by atoms with Crippen molar-refractivity contribution >= 4 is 0 Å². The van der Waals surface area contributed by atoms with Gasteiger partial charge in [-0.15, -0.1) is 11.8 Å². The fourth-order valence-electron chi connectivity index (χ4n) is 3.12. The summed E-state index contributed by atoms with van der Waals surface area (Å²) in [4.78, 5) is 0. The van der Waals surface area contributed by atoms with Crippen LogP contribution in [0.25, 0.3) is 0 Å². The topological polar surface area (TPSA) is 12.0 Å². The molecule has 0 spiro atoms. The van der Waals surface area contributed by atoms with Crippen molar-refractivity contribution in [2.45, 2.75) is 45.1 Å². The van der Waals surface area contributed by atoms with Gasteiger partial charge in [-0.1, -0.05) is 0 Å². The molecular formula is C13H21N. The quantitative estimate of drug-likeness (QED) is 0.661. The number of hydrogen-bond donors (Lipinski definition) is 1. The monoisotopic (exact) mass is 191 g/mol. The molecule has 0 aromatic rings. The van der Waals surface area contributed by atoms with Gasteiger partial charge in [0.05, 0.1) is 0 Å². The molecule has 1 fully saturated rings. The third-order valence-corrected chi connectivity index (χ3v) is 4.14. The summed E-state index contributed by atoms with van der Waals surface area (Å²) in [5, 5.41) is 3.46. The molecule has 2 rings (SSSR count). The van der Waals surface area contributed by atoms with Gasteiger partial charge in [-0.3, -0.25) is 0 Å². The molecule has 0 bridgehead atoms. The van der Waals surface area contributed by atoms with Crippen LogP contribution in [0, 0.1) is 29.6 Å². The molecule has 1 heteroatoms. The first-order chi connectivity index (χ1) is 6.67. The van der Waals surface area contributed by atoms with E-state index in [9.17, 15) is 0 Å².